The predicted octanol–water partition coefficient (Wildman–Crippen LogP) is 5.73. The predicted molar refractivity (Wildman–Crippen MR) is 88.8 cm³/mol. The number of hydrogen-bond acceptors (Lipinski definition) is 1. The Morgan fingerprint density at radius 2 is 1.95 bits per heavy atom. The molecule has 3 heteroatoms. The van der Waals surface area contributed by atoms with E-state index in [-0.39, 0.29) is 10.8 Å². The second-order valence-electron chi connectivity index (χ2n) is 6.76. The molecule has 0 heterocycles. The van der Waals surface area contributed by atoms with Crippen molar-refractivity contribution >= 4 is 11.6 Å². The van der Waals surface area contributed by atoms with Crippen LogP contribution in [-0.2, 0) is 4.74 Å². The first kappa shape index (κ1) is 16.0. The van der Waals surface area contributed by atoms with Gasteiger partial charge in [0.05, 0.1) is 17.7 Å². The Morgan fingerprint density at radius 3 is 2.73 bits per heavy atom. The summed E-state index contributed by atoms with van der Waals surface area (Å²) >= 11 is 5.79. The summed E-state index contributed by atoms with van der Waals surface area (Å²) in [5, 5.41) is 0.220. The van der Waals surface area contributed by atoms with Gasteiger partial charge in [-0.15, -0.1) is 6.58 Å². The van der Waals surface area contributed by atoms with Gasteiger partial charge in [0.15, 0.2) is 0 Å². The first-order valence-corrected chi connectivity index (χ1v) is 8.72. The van der Waals surface area contributed by atoms with Crippen LogP contribution in [0.15, 0.2) is 30.9 Å². The normalized spacial score (nSPS) is 31.5. The van der Waals surface area contributed by atoms with Crippen molar-refractivity contribution in [2.24, 2.45) is 11.8 Å². The van der Waals surface area contributed by atoms with Gasteiger partial charge in [-0.05, 0) is 74.0 Å². The lowest BCUT2D eigenvalue weighted by Gasteiger charge is -2.42. The summed E-state index contributed by atoms with van der Waals surface area (Å²) < 4.78 is 19.5. The van der Waals surface area contributed by atoms with E-state index in [0.29, 0.717) is 18.6 Å². The first-order chi connectivity index (χ1) is 10.7. The molecule has 2 aliphatic rings. The van der Waals surface area contributed by atoms with Gasteiger partial charge in [-0.3, -0.25) is 0 Å². The van der Waals surface area contributed by atoms with E-state index in [1.807, 2.05) is 12.1 Å². The molecule has 0 saturated heterocycles. The third-order valence-electron chi connectivity index (χ3n) is 5.43. The van der Waals surface area contributed by atoms with E-state index in [0.717, 1.165) is 30.2 Å². The van der Waals surface area contributed by atoms with Crippen LogP contribution >= 0.6 is 11.6 Å². The fourth-order valence-corrected chi connectivity index (χ4v) is 4.39. The van der Waals surface area contributed by atoms with Gasteiger partial charge in [0.2, 0.25) is 0 Å². The van der Waals surface area contributed by atoms with Crippen LogP contribution in [0.3, 0.4) is 0 Å². The monoisotopic (exact) mass is 322 g/mol. The molecule has 0 bridgehead atoms. The molecule has 2 saturated carbocycles. The van der Waals surface area contributed by atoms with Crippen LogP contribution in [0.25, 0.3) is 0 Å². The molecule has 0 aliphatic heterocycles. The smallest absolute Gasteiger partial charge is 0.142 e. The minimum Gasteiger partial charge on any atom is -0.374 e. The molecule has 0 aromatic heterocycles. The summed E-state index contributed by atoms with van der Waals surface area (Å²) in [6.45, 7) is 4.38. The molecule has 22 heavy (non-hydrogen) atoms. The van der Waals surface area contributed by atoms with Crippen molar-refractivity contribution < 1.29 is 9.13 Å². The molecule has 4 atom stereocenters. The van der Waals surface area contributed by atoms with Crippen LogP contribution in [0, 0.1) is 17.7 Å². The zero-order valence-electron chi connectivity index (χ0n) is 12.9. The van der Waals surface area contributed by atoms with Gasteiger partial charge < -0.3 is 4.74 Å². The van der Waals surface area contributed by atoms with Crippen molar-refractivity contribution in [1.82, 2.24) is 0 Å². The minimum atomic E-state index is -0.289. The van der Waals surface area contributed by atoms with Crippen LogP contribution in [0.5, 0.6) is 0 Å². The molecule has 2 aliphatic carbocycles. The van der Waals surface area contributed by atoms with Crippen LogP contribution in [0.2, 0.25) is 5.02 Å². The van der Waals surface area contributed by atoms with E-state index in [1.54, 1.807) is 12.1 Å². The van der Waals surface area contributed by atoms with E-state index in [9.17, 15) is 4.39 Å². The van der Waals surface area contributed by atoms with Crippen LogP contribution in [0.4, 0.5) is 4.39 Å². The summed E-state index contributed by atoms with van der Waals surface area (Å²) in [6.07, 6.45) is 9.36. The van der Waals surface area contributed by atoms with E-state index >= 15 is 0 Å². The lowest BCUT2D eigenvalue weighted by Crippen LogP contribution is -2.33. The van der Waals surface area contributed by atoms with Crippen molar-refractivity contribution in [3.63, 3.8) is 0 Å². The van der Waals surface area contributed by atoms with Gasteiger partial charge >= 0.3 is 0 Å². The number of fused-ring (bicyclic) bond motifs is 1. The SMILES string of the molecule is C=CCOC1CCC2CC(c3ccc(Cl)c(F)c3)CCC2C1. The van der Waals surface area contributed by atoms with E-state index < -0.39 is 0 Å². The van der Waals surface area contributed by atoms with Gasteiger partial charge in [0, 0.05) is 0 Å². The Labute approximate surface area is 137 Å². The molecule has 1 aromatic rings. The zero-order valence-corrected chi connectivity index (χ0v) is 13.7. The first-order valence-electron chi connectivity index (χ1n) is 8.34. The molecule has 1 nitrogen and oxygen atoms in total. The number of halogens is 2. The molecule has 4 unspecified atom stereocenters. The van der Waals surface area contributed by atoms with Crippen LogP contribution in [-0.4, -0.2) is 12.7 Å². The van der Waals surface area contributed by atoms with Crippen molar-refractivity contribution in [1.29, 1.82) is 0 Å². The van der Waals surface area contributed by atoms with Crippen molar-refractivity contribution in [2.75, 3.05) is 6.61 Å². The van der Waals surface area contributed by atoms with Crippen LogP contribution in [0.1, 0.15) is 50.0 Å². The highest BCUT2D eigenvalue weighted by molar-refractivity contribution is 6.30. The Kier molecular flexibility index (Phi) is 5.20. The fraction of sp³-hybridized carbons (Fsp3) is 0.579. The standard InChI is InChI=1S/C19H24ClFO/c1-2-9-22-17-7-5-14-10-13(3-4-15(14)11-17)16-6-8-18(20)19(21)12-16/h2,6,8,12-15,17H,1,3-5,7,9-11H2. The Morgan fingerprint density at radius 1 is 1.18 bits per heavy atom. The molecule has 0 amide bonds. The number of rotatable bonds is 4. The average Bonchev–Trinajstić information content (AvgIpc) is 2.55. The summed E-state index contributed by atoms with van der Waals surface area (Å²) in [6, 6.07) is 5.32. The lowest BCUT2D eigenvalue weighted by atomic mass is 9.65. The highest BCUT2D eigenvalue weighted by Crippen LogP contribution is 2.46. The Hall–Kier alpha value is -0.860. The number of benzene rings is 1. The topological polar surface area (TPSA) is 9.23 Å². The maximum atomic E-state index is 13.7. The molecule has 0 radical (unpaired) electrons. The second-order valence-corrected chi connectivity index (χ2v) is 7.17. The molecule has 0 N–H and O–H groups in total. The summed E-state index contributed by atoms with van der Waals surface area (Å²) in [5.74, 6) is 1.74. The van der Waals surface area contributed by atoms with Gasteiger partial charge in [0.25, 0.3) is 0 Å². The summed E-state index contributed by atoms with van der Waals surface area (Å²) in [7, 11) is 0. The Balaban J connectivity index is 1.60. The lowest BCUT2D eigenvalue weighted by molar-refractivity contribution is -0.00311. The maximum absolute atomic E-state index is 13.7. The van der Waals surface area contributed by atoms with Crippen LogP contribution < -0.4 is 0 Å². The average molecular weight is 323 g/mol. The minimum absolute atomic E-state index is 0.220. The number of hydrogen-bond donors (Lipinski definition) is 0. The molecular formula is C19H24ClFO. The fourth-order valence-electron chi connectivity index (χ4n) is 4.27. The molecular weight excluding hydrogens is 299 g/mol. The van der Waals surface area contributed by atoms with Crippen molar-refractivity contribution in [3.8, 4) is 0 Å². The van der Waals surface area contributed by atoms with E-state index in [1.165, 1.54) is 25.7 Å². The van der Waals surface area contributed by atoms with Gasteiger partial charge in [-0.25, -0.2) is 4.39 Å². The zero-order chi connectivity index (χ0) is 15.5. The summed E-state index contributed by atoms with van der Waals surface area (Å²) in [4.78, 5) is 0. The highest BCUT2D eigenvalue weighted by Gasteiger charge is 2.36. The molecule has 2 fully saturated rings. The molecule has 0 spiro atoms. The third-order valence-corrected chi connectivity index (χ3v) is 5.74. The van der Waals surface area contributed by atoms with Crippen molar-refractivity contribution in [3.05, 3.63) is 47.3 Å². The quantitative estimate of drug-likeness (QED) is 0.643. The van der Waals surface area contributed by atoms with Gasteiger partial charge in [-0.1, -0.05) is 23.7 Å². The maximum Gasteiger partial charge on any atom is 0.142 e. The van der Waals surface area contributed by atoms with E-state index in [4.69, 9.17) is 16.3 Å². The third kappa shape index (κ3) is 3.55. The molecule has 1 aromatic carbocycles. The van der Waals surface area contributed by atoms with E-state index in [2.05, 4.69) is 6.58 Å². The molecule has 3 rings (SSSR count). The largest absolute Gasteiger partial charge is 0.374 e. The van der Waals surface area contributed by atoms with Gasteiger partial charge in [-0.2, -0.15) is 0 Å². The Bertz CT molecular complexity index is 530. The van der Waals surface area contributed by atoms with Gasteiger partial charge in [0.1, 0.15) is 5.82 Å². The number of ether oxygens (including phenoxy) is 1. The second kappa shape index (κ2) is 7.14. The highest BCUT2D eigenvalue weighted by atomic mass is 35.5. The van der Waals surface area contributed by atoms with Crippen molar-refractivity contribution in [2.45, 2.75) is 50.5 Å². The summed E-state index contributed by atoms with van der Waals surface area (Å²) in [5.41, 5.74) is 1.12. The molecule has 120 valence electrons.